The molecule has 360 valence electrons. The number of ether oxygens (including phenoxy) is 6. The number of aliphatic hydroxyl groups excluding tert-OH is 4. The zero-order valence-electron chi connectivity index (χ0n) is 40.1. The number of hydrogen-bond acceptors (Lipinski definition) is 13. The Hall–Kier alpha value is -4.50. The van der Waals surface area contributed by atoms with Gasteiger partial charge < -0.3 is 54.0 Å². The Kier molecular flexibility index (Phi) is 19.9. The lowest BCUT2D eigenvalue weighted by atomic mass is 9.94. The first-order chi connectivity index (χ1) is 30.6. The first-order valence-electron chi connectivity index (χ1n) is 23.1. The monoisotopic (exact) mass is 907 g/mol. The van der Waals surface area contributed by atoms with Crippen LogP contribution in [-0.2, 0) is 18.9 Å². The molecule has 2 aromatic carbocycles. The van der Waals surface area contributed by atoms with Crippen molar-refractivity contribution in [3.8, 4) is 17.2 Å². The van der Waals surface area contributed by atoms with Gasteiger partial charge in [0.1, 0.15) is 48.2 Å². The number of esters is 2. The molecule has 65 heavy (non-hydrogen) atoms. The first kappa shape index (κ1) is 53.1. The van der Waals surface area contributed by atoms with Crippen LogP contribution < -0.4 is 9.47 Å². The third-order valence-electron chi connectivity index (χ3n) is 12.2. The van der Waals surface area contributed by atoms with Crippen molar-refractivity contribution in [2.45, 2.75) is 156 Å². The molecule has 2 aromatic rings. The van der Waals surface area contributed by atoms with Crippen molar-refractivity contribution in [2.75, 3.05) is 13.2 Å². The summed E-state index contributed by atoms with van der Waals surface area (Å²) in [6, 6.07) is 6.54. The van der Waals surface area contributed by atoms with Crippen molar-refractivity contribution >= 4 is 24.1 Å². The van der Waals surface area contributed by atoms with Gasteiger partial charge in [0.05, 0.1) is 42.2 Å². The number of aryl methyl sites for hydroxylation is 1. The summed E-state index contributed by atoms with van der Waals surface area (Å²) in [5, 5.41) is 50.9. The fraction of sp³-hybridized carbons (Fsp3) is 0.577. The van der Waals surface area contributed by atoms with Crippen molar-refractivity contribution in [3.63, 3.8) is 0 Å². The van der Waals surface area contributed by atoms with E-state index in [1.54, 1.807) is 31.2 Å². The number of benzene rings is 2. The summed E-state index contributed by atoms with van der Waals surface area (Å²) >= 11 is 0. The van der Waals surface area contributed by atoms with Gasteiger partial charge >= 0.3 is 11.9 Å². The van der Waals surface area contributed by atoms with Gasteiger partial charge in [-0.2, -0.15) is 0 Å². The van der Waals surface area contributed by atoms with E-state index in [1.165, 1.54) is 6.07 Å². The zero-order valence-corrected chi connectivity index (χ0v) is 40.1. The van der Waals surface area contributed by atoms with Crippen LogP contribution in [0.25, 0.3) is 12.2 Å². The largest absolute Gasteiger partial charge is 0.507 e. The molecule has 12 atom stereocenters. The van der Waals surface area contributed by atoms with Crippen LogP contribution in [0.5, 0.6) is 17.2 Å². The molecule has 3 aliphatic heterocycles. The van der Waals surface area contributed by atoms with Crippen molar-refractivity contribution in [3.05, 3.63) is 88.5 Å². The summed E-state index contributed by atoms with van der Waals surface area (Å²) in [4.78, 5) is 26.0. The molecule has 5 rings (SSSR count). The van der Waals surface area contributed by atoms with Gasteiger partial charge in [-0.05, 0) is 95.2 Å². The highest BCUT2D eigenvalue weighted by Gasteiger charge is 2.42. The van der Waals surface area contributed by atoms with Gasteiger partial charge in [0.15, 0.2) is 5.79 Å². The summed E-state index contributed by atoms with van der Waals surface area (Å²) in [7, 11) is 0. The highest BCUT2D eigenvalue weighted by atomic mass is 16.8. The van der Waals surface area contributed by atoms with E-state index in [0.717, 1.165) is 11.1 Å². The molecule has 0 saturated carbocycles. The summed E-state index contributed by atoms with van der Waals surface area (Å²) in [6.07, 6.45) is 12.9. The van der Waals surface area contributed by atoms with E-state index < -0.39 is 42.3 Å². The van der Waals surface area contributed by atoms with Gasteiger partial charge in [0.2, 0.25) is 0 Å². The Bertz CT molecular complexity index is 2000. The first-order valence-corrected chi connectivity index (χ1v) is 23.1. The highest BCUT2D eigenvalue weighted by molar-refractivity contribution is 5.97. The number of fused-ring (bicyclic) bond motifs is 3. The Labute approximate surface area is 385 Å². The van der Waals surface area contributed by atoms with Crippen LogP contribution >= 0.6 is 0 Å². The molecule has 0 radical (unpaired) electrons. The third kappa shape index (κ3) is 15.3. The minimum Gasteiger partial charge on any atom is -0.507 e. The second kappa shape index (κ2) is 24.3. The van der Waals surface area contributed by atoms with E-state index in [0.29, 0.717) is 41.9 Å². The molecular weight excluding hydrogens is 833 g/mol. The van der Waals surface area contributed by atoms with Crippen LogP contribution in [-0.4, -0.2) is 105 Å². The van der Waals surface area contributed by atoms with Crippen molar-refractivity contribution < 1.29 is 63.5 Å². The minimum atomic E-state index is -0.991. The molecular formula is C52H74O13. The average molecular weight is 907 g/mol. The smallest absolute Gasteiger partial charge is 0.342 e. The van der Waals surface area contributed by atoms with Gasteiger partial charge in [-0.3, -0.25) is 0 Å². The quantitative estimate of drug-likeness (QED) is 0.125. The fourth-order valence-corrected chi connectivity index (χ4v) is 7.51. The average Bonchev–Trinajstić information content (AvgIpc) is 3.57. The molecule has 0 aliphatic carbocycles. The maximum atomic E-state index is 13.2. The molecule has 0 amide bonds. The lowest BCUT2D eigenvalue weighted by molar-refractivity contribution is -0.148. The van der Waals surface area contributed by atoms with Crippen molar-refractivity contribution in [1.29, 1.82) is 0 Å². The van der Waals surface area contributed by atoms with E-state index >= 15 is 0 Å². The normalized spacial score (nSPS) is 31.2. The molecule has 3 aliphatic rings. The number of phenols is 1. The Balaban J connectivity index is 0.000000286. The molecule has 0 spiro atoms. The molecule has 1 fully saturated rings. The third-order valence-corrected chi connectivity index (χ3v) is 12.2. The van der Waals surface area contributed by atoms with Gasteiger partial charge in [-0.25, -0.2) is 9.59 Å². The SMILES string of the molecule is CCC(O)COc1cc(C)c2c(c1)/C=C/C[C@@H]1OC(C)(C)OC1C(C)/C=C\[C@@H](C)[C@H](C)OC2=O.CCC(O)COc1cc(O)c2c(c1)/C=C/C[C@H](O)[C@H](O)C(C)/C=C\[C@@H](C)[C@H](C)OC2=O. The number of phenolic OH excluding ortho intramolecular Hbond substituents is 1. The molecule has 13 heteroatoms. The van der Waals surface area contributed by atoms with Crippen LogP contribution in [0, 0.1) is 30.6 Å². The van der Waals surface area contributed by atoms with E-state index in [9.17, 15) is 35.1 Å². The molecule has 5 N–H and O–H groups in total. The summed E-state index contributed by atoms with van der Waals surface area (Å²) in [6.45, 7) is 21.3. The highest BCUT2D eigenvalue weighted by Crippen LogP contribution is 2.36. The van der Waals surface area contributed by atoms with Crippen molar-refractivity contribution in [2.24, 2.45) is 23.7 Å². The number of hydrogen-bond donors (Lipinski definition) is 5. The number of aliphatic hydroxyl groups is 4. The lowest BCUT2D eigenvalue weighted by Crippen LogP contribution is -2.31. The zero-order chi connectivity index (χ0) is 48.2. The topological polar surface area (TPSA) is 191 Å². The number of cyclic esters (lactones) is 2. The van der Waals surface area contributed by atoms with Gasteiger partial charge in [-0.1, -0.05) is 90.2 Å². The van der Waals surface area contributed by atoms with Crippen molar-refractivity contribution in [1.82, 2.24) is 0 Å². The van der Waals surface area contributed by atoms with E-state index in [4.69, 9.17) is 28.4 Å². The Morgan fingerprint density at radius 3 is 1.71 bits per heavy atom. The number of carbonyl (C=O) groups excluding carboxylic acids is 2. The second-order valence-corrected chi connectivity index (χ2v) is 18.3. The molecule has 1 saturated heterocycles. The minimum absolute atomic E-state index is 0.0110. The maximum Gasteiger partial charge on any atom is 0.342 e. The summed E-state index contributed by atoms with van der Waals surface area (Å²) < 4.78 is 35.2. The van der Waals surface area contributed by atoms with Gasteiger partial charge in [0.25, 0.3) is 0 Å². The molecule has 3 heterocycles. The second-order valence-electron chi connectivity index (χ2n) is 18.3. The standard InChI is InChI=1S/C28H40O6.C24H34O7/c1-8-22(29)16-31-23-14-19(4)25-21(15-23)10-9-11-24-26(34-28(6,7)33-24)18(3)13-12-17(2)20(5)32-27(25)30;1-5-18(25)13-30-19-11-17-7-6-8-20(26)23(28)15(3)10-9-14(2)16(4)31-24(29)22(17)21(27)12-19/h9-10,12-15,17-18,20,22,24,26,29H,8,11,16H2,1-7H3;6-7,9-12,14-16,18,20,23,25-28H,5,8,13H2,1-4H3/b10-9+,13-12-;7-6+,10-9-/t17-,18?,20+,22?,24+,26?;14-,15?,16+,18?,20+,23-/m11/s1. The van der Waals surface area contributed by atoms with Gasteiger partial charge in [-0.15, -0.1) is 0 Å². The molecule has 5 unspecified atom stereocenters. The van der Waals surface area contributed by atoms with E-state index in [2.05, 4.69) is 19.1 Å². The van der Waals surface area contributed by atoms with E-state index in [-0.39, 0.29) is 78.9 Å². The van der Waals surface area contributed by atoms with Crippen LogP contribution in [0.2, 0.25) is 0 Å². The van der Waals surface area contributed by atoms with Crippen LogP contribution in [0.3, 0.4) is 0 Å². The summed E-state index contributed by atoms with van der Waals surface area (Å²) in [5.41, 5.74) is 2.36. The Morgan fingerprint density at radius 2 is 1.15 bits per heavy atom. The lowest BCUT2D eigenvalue weighted by Gasteiger charge is -2.23. The number of carbonyl (C=O) groups is 2. The van der Waals surface area contributed by atoms with Crippen LogP contribution in [0.4, 0.5) is 0 Å². The molecule has 0 bridgehead atoms. The predicted molar refractivity (Wildman–Crippen MR) is 251 cm³/mol. The summed E-state index contributed by atoms with van der Waals surface area (Å²) in [5.74, 6) is -1.30. The number of rotatable bonds is 8. The van der Waals surface area contributed by atoms with Crippen LogP contribution in [0.1, 0.15) is 132 Å². The maximum absolute atomic E-state index is 13.2. The number of aromatic hydroxyl groups is 1. The van der Waals surface area contributed by atoms with Gasteiger partial charge in [0, 0.05) is 29.7 Å². The fourth-order valence-electron chi connectivity index (χ4n) is 7.51. The molecule has 13 nitrogen and oxygen atoms in total. The molecule has 0 aromatic heterocycles. The Morgan fingerprint density at radius 1 is 0.677 bits per heavy atom. The van der Waals surface area contributed by atoms with Crippen LogP contribution in [0.15, 0.2) is 60.7 Å². The van der Waals surface area contributed by atoms with E-state index in [1.807, 2.05) is 92.7 Å². The predicted octanol–water partition coefficient (Wildman–Crippen LogP) is 8.51.